The molecule has 0 aromatic carbocycles. The van der Waals surface area contributed by atoms with Gasteiger partial charge in [-0.25, -0.2) is 0 Å². The summed E-state index contributed by atoms with van der Waals surface area (Å²) in [6, 6.07) is 6.25. The maximum absolute atomic E-state index is 3.71. The minimum Gasteiger partial charge on any atom is -0.199 e. The molecule has 1 heteroatoms. The van der Waals surface area contributed by atoms with Gasteiger partial charge in [-0.15, -0.1) is 0 Å². The van der Waals surface area contributed by atoms with Crippen molar-refractivity contribution in [1.29, 1.82) is 0 Å². The standard InChI is InChI=1S/C10H14N/c1-3-8-11-9-6-5-7-10(11)4-2/h3,5-7,9H,1,4,8H2,2H3/q+1. The van der Waals surface area contributed by atoms with E-state index in [1.165, 1.54) is 5.69 Å². The van der Waals surface area contributed by atoms with Crippen LogP contribution in [-0.2, 0) is 13.0 Å². The molecule has 1 aromatic rings. The highest BCUT2D eigenvalue weighted by molar-refractivity contribution is 4.96. The molecule has 1 aromatic heterocycles. The van der Waals surface area contributed by atoms with Crippen molar-refractivity contribution in [2.24, 2.45) is 0 Å². The van der Waals surface area contributed by atoms with Crippen molar-refractivity contribution >= 4 is 0 Å². The molecule has 0 aliphatic carbocycles. The van der Waals surface area contributed by atoms with Gasteiger partial charge in [0, 0.05) is 18.6 Å². The molecule has 0 aliphatic rings. The molecule has 1 rings (SSSR count). The molecule has 0 unspecified atom stereocenters. The van der Waals surface area contributed by atoms with Gasteiger partial charge in [0.25, 0.3) is 0 Å². The summed E-state index contributed by atoms with van der Waals surface area (Å²) in [5, 5.41) is 0. The van der Waals surface area contributed by atoms with Crippen molar-refractivity contribution in [2.45, 2.75) is 19.9 Å². The molecule has 11 heavy (non-hydrogen) atoms. The Morgan fingerprint density at radius 2 is 2.36 bits per heavy atom. The first kappa shape index (κ1) is 7.99. The number of pyridine rings is 1. The molecule has 0 saturated carbocycles. The quantitative estimate of drug-likeness (QED) is 0.454. The molecule has 0 N–H and O–H groups in total. The first-order chi connectivity index (χ1) is 5.38. The number of nitrogens with zero attached hydrogens (tertiary/aromatic N) is 1. The summed E-state index contributed by atoms with van der Waals surface area (Å²) < 4.78 is 2.20. The average molecular weight is 148 g/mol. The van der Waals surface area contributed by atoms with Crippen LogP contribution in [0, 0.1) is 0 Å². The largest absolute Gasteiger partial charge is 0.199 e. The Balaban J connectivity index is 2.92. The molecule has 0 atom stereocenters. The van der Waals surface area contributed by atoms with E-state index in [4.69, 9.17) is 0 Å². The fourth-order valence-corrected chi connectivity index (χ4v) is 1.15. The van der Waals surface area contributed by atoms with Crippen molar-refractivity contribution < 1.29 is 4.57 Å². The zero-order chi connectivity index (χ0) is 8.10. The number of aromatic nitrogens is 1. The van der Waals surface area contributed by atoms with Crippen molar-refractivity contribution in [3.8, 4) is 0 Å². The normalized spacial score (nSPS) is 9.55. The predicted molar refractivity (Wildman–Crippen MR) is 46.2 cm³/mol. The minimum atomic E-state index is 0.907. The second kappa shape index (κ2) is 3.91. The zero-order valence-electron chi connectivity index (χ0n) is 6.96. The lowest BCUT2D eigenvalue weighted by atomic mass is 10.3. The summed E-state index contributed by atoms with van der Waals surface area (Å²) in [5.74, 6) is 0. The number of hydrogen-bond acceptors (Lipinski definition) is 0. The van der Waals surface area contributed by atoms with Crippen LogP contribution < -0.4 is 4.57 Å². The molecule has 0 aliphatic heterocycles. The Morgan fingerprint density at radius 1 is 1.55 bits per heavy atom. The number of hydrogen-bond donors (Lipinski definition) is 0. The summed E-state index contributed by atoms with van der Waals surface area (Å²) in [6.45, 7) is 6.78. The van der Waals surface area contributed by atoms with Gasteiger partial charge in [0.1, 0.15) is 0 Å². The van der Waals surface area contributed by atoms with Gasteiger partial charge in [0.15, 0.2) is 18.4 Å². The van der Waals surface area contributed by atoms with E-state index < -0.39 is 0 Å². The molecule has 0 radical (unpaired) electrons. The predicted octanol–water partition coefficient (Wildman–Crippen LogP) is 1.72. The van der Waals surface area contributed by atoms with Crippen LogP contribution in [0.5, 0.6) is 0 Å². The first-order valence-corrected chi connectivity index (χ1v) is 3.96. The molecule has 0 fully saturated rings. The van der Waals surface area contributed by atoms with E-state index in [9.17, 15) is 0 Å². The van der Waals surface area contributed by atoms with Crippen LogP contribution in [0.25, 0.3) is 0 Å². The van der Waals surface area contributed by atoms with E-state index in [0.717, 1.165) is 13.0 Å². The lowest BCUT2D eigenvalue weighted by Gasteiger charge is -1.96. The molecule has 0 saturated heterocycles. The van der Waals surface area contributed by atoms with E-state index in [2.05, 4.69) is 36.4 Å². The highest BCUT2D eigenvalue weighted by Crippen LogP contribution is 1.91. The molecule has 0 amide bonds. The van der Waals surface area contributed by atoms with Crippen molar-refractivity contribution in [3.05, 3.63) is 42.7 Å². The van der Waals surface area contributed by atoms with Crippen molar-refractivity contribution in [1.82, 2.24) is 0 Å². The molecule has 0 spiro atoms. The first-order valence-electron chi connectivity index (χ1n) is 3.96. The highest BCUT2D eigenvalue weighted by Gasteiger charge is 2.02. The molecule has 58 valence electrons. The summed E-state index contributed by atoms with van der Waals surface area (Å²) in [4.78, 5) is 0. The molecular formula is C10H14N+. The van der Waals surface area contributed by atoms with E-state index in [1.54, 1.807) is 0 Å². The van der Waals surface area contributed by atoms with Gasteiger partial charge in [0.05, 0.1) is 0 Å². The molecule has 1 nitrogen and oxygen atoms in total. The Bertz CT molecular complexity index is 240. The van der Waals surface area contributed by atoms with Gasteiger partial charge < -0.3 is 0 Å². The third-order valence-electron chi connectivity index (χ3n) is 1.72. The van der Waals surface area contributed by atoms with E-state index in [-0.39, 0.29) is 0 Å². The van der Waals surface area contributed by atoms with E-state index in [0.29, 0.717) is 0 Å². The molecule has 0 bridgehead atoms. The van der Waals surface area contributed by atoms with Gasteiger partial charge in [0.2, 0.25) is 0 Å². The number of allylic oxidation sites excluding steroid dienone is 1. The Hall–Kier alpha value is -1.11. The monoisotopic (exact) mass is 148 g/mol. The van der Waals surface area contributed by atoms with E-state index in [1.807, 2.05) is 12.1 Å². The van der Waals surface area contributed by atoms with Gasteiger partial charge >= 0.3 is 0 Å². The Morgan fingerprint density at radius 3 is 3.00 bits per heavy atom. The SMILES string of the molecule is C=CC[n+]1ccccc1CC. The second-order valence-corrected chi connectivity index (χ2v) is 2.49. The van der Waals surface area contributed by atoms with Crippen LogP contribution in [0.15, 0.2) is 37.1 Å². The number of aryl methyl sites for hydroxylation is 1. The lowest BCUT2D eigenvalue weighted by Crippen LogP contribution is -2.36. The summed E-state index contributed by atoms with van der Waals surface area (Å²) in [7, 11) is 0. The third kappa shape index (κ3) is 1.90. The molecular weight excluding hydrogens is 134 g/mol. The molecule has 1 heterocycles. The van der Waals surface area contributed by atoms with Gasteiger partial charge in [-0.1, -0.05) is 19.6 Å². The Kier molecular flexibility index (Phi) is 2.84. The maximum atomic E-state index is 3.71. The van der Waals surface area contributed by atoms with Crippen LogP contribution in [0.4, 0.5) is 0 Å². The fourth-order valence-electron chi connectivity index (χ4n) is 1.15. The average Bonchev–Trinajstić information content (AvgIpc) is 2.06. The zero-order valence-corrected chi connectivity index (χ0v) is 6.96. The third-order valence-corrected chi connectivity index (χ3v) is 1.72. The van der Waals surface area contributed by atoms with Crippen LogP contribution in [0.2, 0.25) is 0 Å². The summed E-state index contributed by atoms with van der Waals surface area (Å²) in [5.41, 5.74) is 1.35. The van der Waals surface area contributed by atoms with Crippen LogP contribution >= 0.6 is 0 Å². The van der Waals surface area contributed by atoms with Gasteiger partial charge in [-0.05, 0) is 6.08 Å². The van der Waals surface area contributed by atoms with Crippen LogP contribution in [0.1, 0.15) is 12.6 Å². The van der Waals surface area contributed by atoms with Crippen LogP contribution in [0.3, 0.4) is 0 Å². The second-order valence-electron chi connectivity index (χ2n) is 2.49. The van der Waals surface area contributed by atoms with E-state index >= 15 is 0 Å². The van der Waals surface area contributed by atoms with Crippen molar-refractivity contribution in [3.63, 3.8) is 0 Å². The summed E-state index contributed by atoms with van der Waals surface area (Å²) in [6.07, 6.45) is 5.08. The van der Waals surface area contributed by atoms with Crippen molar-refractivity contribution in [2.75, 3.05) is 0 Å². The maximum Gasteiger partial charge on any atom is 0.181 e. The van der Waals surface area contributed by atoms with Crippen LogP contribution in [-0.4, -0.2) is 0 Å². The minimum absolute atomic E-state index is 0.907. The number of rotatable bonds is 3. The van der Waals surface area contributed by atoms with Gasteiger partial charge in [-0.3, -0.25) is 0 Å². The highest BCUT2D eigenvalue weighted by atomic mass is 14.9. The Labute approximate surface area is 68.0 Å². The van der Waals surface area contributed by atoms with Gasteiger partial charge in [-0.2, -0.15) is 4.57 Å². The summed E-state index contributed by atoms with van der Waals surface area (Å²) >= 11 is 0. The lowest BCUT2D eigenvalue weighted by molar-refractivity contribution is -0.694. The smallest absolute Gasteiger partial charge is 0.181 e. The topological polar surface area (TPSA) is 3.88 Å². The fraction of sp³-hybridized carbons (Fsp3) is 0.300.